The van der Waals surface area contributed by atoms with Crippen LogP contribution in [-0.2, 0) is 15.1 Å². The van der Waals surface area contributed by atoms with Crippen LogP contribution in [0.4, 0.5) is 8.78 Å². The SMILES string of the molecule is CC(O)(CNC(=O)C1CCOC1)c1ccc(F)cc1F. The third-order valence-corrected chi connectivity index (χ3v) is 3.42. The number of ether oxygens (including phenoxy) is 1. The molecule has 2 unspecified atom stereocenters. The van der Waals surface area contributed by atoms with Gasteiger partial charge in [0.2, 0.25) is 5.91 Å². The Bertz CT molecular complexity index is 499. The van der Waals surface area contributed by atoms with Crippen molar-refractivity contribution in [3.63, 3.8) is 0 Å². The van der Waals surface area contributed by atoms with Crippen molar-refractivity contribution < 1.29 is 23.4 Å². The Balaban J connectivity index is 2.01. The van der Waals surface area contributed by atoms with Gasteiger partial charge in [0.1, 0.15) is 17.2 Å². The fourth-order valence-electron chi connectivity index (χ4n) is 2.17. The van der Waals surface area contributed by atoms with Crippen molar-refractivity contribution in [2.75, 3.05) is 19.8 Å². The van der Waals surface area contributed by atoms with Crippen molar-refractivity contribution in [2.24, 2.45) is 5.92 Å². The minimum absolute atomic E-state index is 0.0538. The zero-order valence-corrected chi connectivity index (χ0v) is 11.2. The van der Waals surface area contributed by atoms with Gasteiger partial charge >= 0.3 is 0 Å². The van der Waals surface area contributed by atoms with E-state index in [9.17, 15) is 18.7 Å². The Morgan fingerprint density at radius 3 is 2.90 bits per heavy atom. The number of amides is 1. The summed E-state index contributed by atoms with van der Waals surface area (Å²) in [5.74, 6) is -2.02. The first-order valence-corrected chi connectivity index (χ1v) is 6.43. The monoisotopic (exact) mass is 285 g/mol. The first kappa shape index (κ1) is 14.9. The van der Waals surface area contributed by atoms with Crippen molar-refractivity contribution in [1.29, 1.82) is 0 Å². The number of carbonyl (C=O) groups excluding carboxylic acids is 1. The van der Waals surface area contributed by atoms with Gasteiger partial charge in [-0.3, -0.25) is 4.79 Å². The summed E-state index contributed by atoms with van der Waals surface area (Å²) in [5, 5.41) is 12.8. The fourth-order valence-corrected chi connectivity index (χ4v) is 2.17. The Morgan fingerprint density at radius 1 is 1.55 bits per heavy atom. The Morgan fingerprint density at radius 2 is 2.30 bits per heavy atom. The molecule has 1 amide bonds. The van der Waals surface area contributed by atoms with Crippen LogP contribution in [0.3, 0.4) is 0 Å². The maximum absolute atomic E-state index is 13.6. The predicted octanol–water partition coefficient (Wildman–Crippen LogP) is 1.32. The highest BCUT2D eigenvalue weighted by atomic mass is 19.1. The number of halogens is 2. The topological polar surface area (TPSA) is 58.6 Å². The molecule has 4 nitrogen and oxygen atoms in total. The summed E-state index contributed by atoms with van der Waals surface area (Å²) in [5.41, 5.74) is -1.66. The van der Waals surface area contributed by atoms with Crippen LogP contribution in [-0.4, -0.2) is 30.8 Å². The molecule has 6 heteroatoms. The molecule has 0 aliphatic carbocycles. The molecule has 1 aliphatic rings. The highest BCUT2D eigenvalue weighted by Crippen LogP contribution is 2.24. The van der Waals surface area contributed by atoms with Gasteiger partial charge in [-0.2, -0.15) is 0 Å². The van der Waals surface area contributed by atoms with Crippen molar-refractivity contribution in [3.8, 4) is 0 Å². The molecule has 2 rings (SSSR count). The van der Waals surface area contributed by atoms with Crippen molar-refractivity contribution in [2.45, 2.75) is 18.9 Å². The maximum atomic E-state index is 13.6. The molecule has 1 aromatic carbocycles. The number of hydrogen-bond acceptors (Lipinski definition) is 3. The van der Waals surface area contributed by atoms with Crippen LogP contribution in [0.2, 0.25) is 0 Å². The highest BCUT2D eigenvalue weighted by Gasteiger charge is 2.30. The smallest absolute Gasteiger partial charge is 0.225 e. The van der Waals surface area contributed by atoms with Gasteiger partial charge in [0.05, 0.1) is 19.1 Å². The fraction of sp³-hybridized carbons (Fsp3) is 0.500. The van der Waals surface area contributed by atoms with Gasteiger partial charge in [0, 0.05) is 18.2 Å². The van der Waals surface area contributed by atoms with Crippen molar-refractivity contribution in [3.05, 3.63) is 35.4 Å². The molecule has 1 saturated heterocycles. The highest BCUT2D eigenvalue weighted by molar-refractivity contribution is 5.79. The van der Waals surface area contributed by atoms with E-state index in [4.69, 9.17) is 4.74 Å². The summed E-state index contributed by atoms with van der Waals surface area (Å²) in [6.45, 7) is 2.12. The van der Waals surface area contributed by atoms with E-state index >= 15 is 0 Å². The number of nitrogens with one attached hydrogen (secondary N) is 1. The number of carbonyl (C=O) groups is 1. The molecule has 1 fully saturated rings. The van der Waals surface area contributed by atoms with E-state index < -0.39 is 17.2 Å². The average Bonchev–Trinajstić information content (AvgIpc) is 2.89. The van der Waals surface area contributed by atoms with Crippen molar-refractivity contribution >= 4 is 5.91 Å². The summed E-state index contributed by atoms with van der Waals surface area (Å²) >= 11 is 0. The molecular weight excluding hydrogens is 268 g/mol. The van der Waals surface area contributed by atoms with Crippen LogP contribution in [0.15, 0.2) is 18.2 Å². The summed E-state index contributed by atoms with van der Waals surface area (Å²) in [6, 6.07) is 2.95. The average molecular weight is 285 g/mol. The van der Waals surface area contributed by atoms with E-state index in [2.05, 4.69) is 5.32 Å². The second kappa shape index (κ2) is 5.85. The van der Waals surface area contributed by atoms with Crippen molar-refractivity contribution in [1.82, 2.24) is 5.32 Å². The molecule has 110 valence electrons. The lowest BCUT2D eigenvalue weighted by Gasteiger charge is -2.25. The normalized spacial score (nSPS) is 21.5. The first-order chi connectivity index (χ1) is 9.40. The molecule has 1 heterocycles. The van der Waals surface area contributed by atoms with E-state index in [0.29, 0.717) is 25.7 Å². The lowest BCUT2D eigenvalue weighted by atomic mass is 9.95. The molecule has 1 aliphatic heterocycles. The first-order valence-electron chi connectivity index (χ1n) is 6.43. The lowest BCUT2D eigenvalue weighted by Crippen LogP contribution is -2.41. The lowest BCUT2D eigenvalue weighted by molar-refractivity contribution is -0.126. The number of hydrogen-bond donors (Lipinski definition) is 2. The molecule has 0 radical (unpaired) electrons. The molecule has 20 heavy (non-hydrogen) atoms. The predicted molar refractivity (Wildman–Crippen MR) is 67.9 cm³/mol. The van der Waals surface area contributed by atoms with E-state index in [0.717, 1.165) is 6.07 Å². The molecule has 0 saturated carbocycles. The second-order valence-electron chi connectivity index (χ2n) is 5.18. The Hall–Kier alpha value is -1.53. The molecule has 2 atom stereocenters. The summed E-state index contributed by atoms with van der Waals surface area (Å²) in [6.07, 6.45) is 0.638. The molecule has 0 bridgehead atoms. The van der Waals surface area contributed by atoms with Gasteiger partial charge in [-0.05, 0) is 19.4 Å². The van der Waals surface area contributed by atoms with E-state index in [1.54, 1.807) is 0 Å². The molecule has 0 aromatic heterocycles. The van der Waals surface area contributed by atoms with E-state index in [1.165, 1.54) is 13.0 Å². The largest absolute Gasteiger partial charge is 0.383 e. The standard InChI is InChI=1S/C14H17F2NO3/c1-14(19,11-3-2-10(15)6-12(11)16)8-17-13(18)9-4-5-20-7-9/h2-3,6,9,19H,4-5,7-8H2,1H3,(H,17,18). The minimum Gasteiger partial charge on any atom is -0.383 e. The van der Waals surface area contributed by atoms with Crippen LogP contribution in [0.1, 0.15) is 18.9 Å². The Kier molecular flexibility index (Phi) is 4.35. The summed E-state index contributed by atoms with van der Waals surface area (Å²) in [4.78, 5) is 11.8. The maximum Gasteiger partial charge on any atom is 0.225 e. The van der Waals surface area contributed by atoms with Crippen LogP contribution < -0.4 is 5.32 Å². The zero-order valence-electron chi connectivity index (χ0n) is 11.2. The molecule has 0 spiro atoms. The third-order valence-electron chi connectivity index (χ3n) is 3.42. The van der Waals surface area contributed by atoms with Crippen LogP contribution >= 0.6 is 0 Å². The number of aliphatic hydroxyl groups is 1. The Labute approximate surface area is 115 Å². The quantitative estimate of drug-likeness (QED) is 0.877. The minimum atomic E-state index is -1.60. The summed E-state index contributed by atoms with van der Waals surface area (Å²) in [7, 11) is 0. The van der Waals surface area contributed by atoms with Gasteiger partial charge < -0.3 is 15.2 Å². The zero-order chi connectivity index (χ0) is 14.8. The molecular formula is C14H17F2NO3. The van der Waals surface area contributed by atoms with E-state index in [-0.39, 0.29) is 23.9 Å². The van der Waals surface area contributed by atoms with Gasteiger partial charge in [-0.1, -0.05) is 6.07 Å². The number of benzene rings is 1. The summed E-state index contributed by atoms with van der Waals surface area (Å²) < 4.78 is 31.6. The van der Waals surface area contributed by atoms with Crippen LogP contribution in [0.5, 0.6) is 0 Å². The molecule has 2 N–H and O–H groups in total. The molecule has 1 aromatic rings. The third kappa shape index (κ3) is 3.32. The van der Waals surface area contributed by atoms with E-state index in [1.807, 2.05) is 0 Å². The van der Waals surface area contributed by atoms with Gasteiger partial charge in [0.15, 0.2) is 0 Å². The van der Waals surface area contributed by atoms with Gasteiger partial charge in [-0.25, -0.2) is 8.78 Å². The van der Waals surface area contributed by atoms with Crippen LogP contribution in [0, 0.1) is 17.6 Å². The second-order valence-corrected chi connectivity index (χ2v) is 5.18. The van der Waals surface area contributed by atoms with Gasteiger partial charge in [-0.15, -0.1) is 0 Å². The van der Waals surface area contributed by atoms with Gasteiger partial charge in [0.25, 0.3) is 0 Å². The van der Waals surface area contributed by atoms with Crippen LogP contribution in [0.25, 0.3) is 0 Å². The number of rotatable bonds is 4.